The predicted molar refractivity (Wildman–Crippen MR) is 214 cm³/mol. The van der Waals surface area contributed by atoms with Crippen LogP contribution in [0.1, 0.15) is 0 Å². The van der Waals surface area contributed by atoms with Gasteiger partial charge in [0.1, 0.15) is 53.6 Å². The largest absolute Gasteiger partial charge is 0.506 e. The normalized spacial score (nSPS) is 12.2. The topological polar surface area (TPSA) is 127 Å². The Hall–Kier alpha value is -5.13. The molecule has 11 heteroatoms. The van der Waals surface area contributed by atoms with Crippen LogP contribution in [-0.2, 0) is 14.2 Å². The third-order valence-electron chi connectivity index (χ3n) is 6.68. The number of para-hydroxylation sites is 3. The van der Waals surface area contributed by atoms with Crippen LogP contribution in [0.2, 0.25) is 0 Å². The van der Waals surface area contributed by atoms with Crippen molar-refractivity contribution in [2.45, 2.75) is 0 Å². The zero-order chi connectivity index (χ0) is 35.8. The number of aromatic hydroxyl groups is 3. The van der Waals surface area contributed by atoms with Crippen LogP contribution in [0.4, 0.5) is 0 Å². The number of aromatic nitrogens is 3. The molecule has 9 nitrogen and oxygen atoms in total. The summed E-state index contributed by atoms with van der Waals surface area (Å²) in [5.74, 6) is 0.717. The van der Waals surface area contributed by atoms with Crippen molar-refractivity contribution < 1.29 is 29.5 Å². The summed E-state index contributed by atoms with van der Waals surface area (Å²) in [6.07, 6.45) is 27.4. The summed E-state index contributed by atoms with van der Waals surface area (Å²) in [6, 6.07) is 27.4. The SMILES string of the molecule is C1=CCOC=C1.C1=CCOC=C1.C1=CCOC=C1.Oc1cccc2cccnc12.Oc1cccc2cccnc12.Oc1cccc2cccnc12.[In].[In]. The van der Waals surface area contributed by atoms with Crippen molar-refractivity contribution in [3.8, 4) is 17.2 Å². The van der Waals surface area contributed by atoms with Gasteiger partial charge in [0.15, 0.2) is 0 Å². The van der Waals surface area contributed by atoms with E-state index in [1.54, 1.807) is 73.8 Å². The van der Waals surface area contributed by atoms with E-state index in [4.69, 9.17) is 14.2 Å². The van der Waals surface area contributed by atoms with E-state index < -0.39 is 0 Å². The molecule has 3 aromatic heterocycles. The van der Waals surface area contributed by atoms with Gasteiger partial charge in [-0.1, -0.05) is 72.8 Å². The van der Waals surface area contributed by atoms with Crippen molar-refractivity contribution >= 4 is 84.4 Å². The van der Waals surface area contributed by atoms with E-state index in [0.717, 1.165) is 36.0 Å². The van der Waals surface area contributed by atoms with Crippen molar-refractivity contribution in [3.63, 3.8) is 0 Å². The smallest absolute Gasteiger partial charge is 0.141 e. The Labute approximate surface area is 346 Å². The van der Waals surface area contributed by atoms with Crippen LogP contribution in [-0.4, -0.2) is 102 Å². The van der Waals surface area contributed by atoms with E-state index in [-0.39, 0.29) is 68.9 Å². The predicted octanol–water partition coefficient (Wildman–Crippen LogP) is 8.32. The molecule has 0 aliphatic carbocycles. The van der Waals surface area contributed by atoms with Crippen LogP contribution in [0.15, 0.2) is 183 Å². The Morgan fingerprint density at radius 1 is 0.377 bits per heavy atom. The molecule has 9 rings (SSSR count). The molecule has 0 spiro atoms. The van der Waals surface area contributed by atoms with Gasteiger partial charge in [-0.25, -0.2) is 0 Å². The molecule has 3 aromatic carbocycles. The number of nitrogens with zero attached hydrogens (tertiary/aromatic N) is 3. The summed E-state index contributed by atoms with van der Waals surface area (Å²) in [5, 5.41) is 30.8. The molecule has 0 bridgehead atoms. The number of pyridine rings is 3. The number of benzene rings is 3. The second-order valence-corrected chi connectivity index (χ2v) is 10.3. The van der Waals surface area contributed by atoms with E-state index in [0.29, 0.717) is 16.6 Å². The first-order valence-corrected chi connectivity index (χ1v) is 16.0. The Bertz CT molecular complexity index is 1840. The zero-order valence-electron chi connectivity index (χ0n) is 29.0. The minimum atomic E-state index is 0. The minimum absolute atomic E-state index is 0. The van der Waals surface area contributed by atoms with Gasteiger partial charge in [0, 0.05) is 86.4 Å². The average molecular weight is 911 g/mol. The molecule has 0 unspecified atom stereocenters. The summed E-state index contributed by atoms with van der Waals surface area (Å²) in [5.41, 5.74) is 1.99. The summed E-state index contributed by atoms with van der Waals surface area (Å²) >= 11 is 0. The zero-order valence-corrected chi connectivity index (χ0v) is 35.6. The molecule has 0 saturated carbocycles. The molecular formula is C42H39In2N3O6. The van der Waals surface area contributed by atoms with Gasteiger partial charge >= 0.3 is 0 Å². The van der Waals surface area contributed by atoms with Crippen LogP contribution in [0.3, 0.4) is 0 Å². The Morgan fingerprint density at radius 2 is 0.660 bits per heavy atom. The number of fused-ring (bicyclic) bond motifs is 3. The molecule has 264 valence electrons. The van der Waals surface area contributed by atoms with Crippen molar-refractivity contribution in [3.05, 3.63) is 183 Å². The summed E-state index contributed by atoms with van der Waals surface area (Å²) in [7, 11) is 0. The van der Waals surface area contributed by atoms with Gasteiger partial charge < -0.3 is 29.5 Å². The molecule has 0 amide bonds. The third kappa shape index (κ3) is 16.4. The van der Waals surface area contributed by atoms with Gasteiger partial charge in [-0.05, 0) is 72.9 Å². The number of phenolic OH excluding ortho intramolecular Hbond substituents is 3. The molecule has 3 aliphatic heterocycles. The fourth-order valence-electron chi connectivity index (χ4n) is 4.30. The second-order valence-electron chi connectivity index (χ2n) is 10.3. The van der Waals surface area contributed by atoms with E-state index in [1.165, 1.54) is 0 Å². The standard InChI is InChI=1S/3C9H7NO.3C5H6O.2In/c3*11-8-5-1-3-7-4-2-6-10-9(7)8;3*1-2-4-6-5-3-1;;/h3*1-6,11H;3*1-4H,5H2;;. The molecule has 0 atom stereocenters. The number of hydrogen-bond acceptors (Lipinski definition) is 9. The van der Waals surface area contributed by atoms with E-state index in [1.807, 2.05) is 109 Å². The van der Waals surface area contributed by atoms with Gasteiger partial charge in [-0.2, -0.15) is 0 Å². The number of hydrogen-bond donors (Lipinski definition) is 3. The fourth-order valence-corrected chi connectivity index (χ4v) is 4.30. The van der Waals surface area contributed by atoms with Crippen molar-refractivity contribution in [2.24, 2.45) is 0 Å². The van der Waals surface area contributed by atoms with Gasteiger partial charge in [0.25, 0.3) is 0 Å². The Kier molecular flexibility index (Phi) is 22.1. The maximum Gasteiger partial charge on any atom is 0.141 e. The van der Waals surface area contributed by atoms with Gasteiger partial charge in [-0.15, -0.1) is 0 Å². The maximum absolute atomic E-state index is 9.31. The maximum atomic E-state index is 9.31. The van der Waals surface area contributed by atoms with Crippen molar-refractivity contribution in [1.82, 2.24) is 15.0 Å². The molecule has 3 aliphatic rings. The second kappa shape index (κ2) is 26.6. The van der Waals surface area contributed by atoms with E-state index in [9.17, 15) is 15.3 Å². The van der Waals surface area contributed by atoms with Crippen LogP contribution in [0.25, 0.3) is 32.7 Å². The first-order valence-electron chi connectivity index (χ1n) is 16.0. The molecule has 6 aromatic rings. The Balaban J connectivity index is 0.000000223. The number of ether oxygens (including phenoxy) is 3. The first-order chi connectivity index (χ1) is 25.1. The molecule has 53 heavy (non-hydrogen) atoms. The molecule has 6 radical (unpaired) electrons. The number of rotatable bonds is 0. The Morgan fingerprint density at radius 3 is 0.849 bits per heavy atom. The molecule has 3 N–H and O–H groups in total. The fraction of sp³-hybridized carbons (Fsp3) is 0.0714. The van der Waals surface area contributed by atoms with Gasteiger partial charge in [0.2, 0.25) is 0 Å². The van der Waals surface area contributed by atoms with Crippen LogP contribution in [0, 0.1) is 0 Å². The summed E-state index contributed by atoms with van der Waals surface area (Å²) < 4.78 is 14.4. The van der Waals surface area contributed by atoms with Crippen LogP contribution in [0.5, 0.6) is 17.2 Å². The summed E-state index contributed by atoms with van der Waals surface area (Å²) in [6.45, 7) is 2.20. The van der Waals surface area contributed by atoms with Gasteiger partial charge in [-0.3, -0.25) is 15.0 Å². The van der Waals surface area contributed by atoms with Crippen LogP contribution < -0.4 is 0 Å². The van der Waals surface area contributed by atoms with Crippen LogP contribution >= 0.6 is 0 Å². The molecule has 6 heterocycles. The quantitative estimate of drug-likeness (QED) is 0.138. The van der Waals surface area contributed by atoms with E-state index >= 15 is 0 Å². The first kappa shape index (κ1) is 44.0. The molecule has 0 fully saturated rings. The molecule has 0 saturated heterocycles. The minimum Gasteiger partial charge on any atom is -0.506 e. The van der Waals surface area contributed by atoms with Crippen molar-refractivity contribution in [2.75, 3.05) is 19.8 Å². The average Bonchev–Trinajstić information content (AvgIpc) is 3.22. The molecular weight excluding hydrogens is 872 g/mol. The number of allylic oxidation sites excluding steroid dienone is 6. The van der Waals surface area contributed by atoms with Crippen molar-refractivity contribution in [1.29, 1.82) is 0 Å². The van der Waals surface area contributed by atoms with E-state index in [2.05, 4.69) is 15.0 Å². The number of phenols is 3. The third-order valence-corrected chi connectivity index (χ3v) is 6.68. The summed E-state index contributed by atoms with van der Waals surface area (Å²) in [4.78, 5) is 12.1. The van der Waals surface area contributed by atoms with Gasteiger partial charge in [0.05, 0.1) is 18.8 Å². The monoisotopic (exact) mass is 911 g/mol.